The maximum absolute atomic E-state index is 11.7. The molecule has 1 unspecified atom stereocenters. The van der Waals surface area contributed by atoms with Gasteiger partial charge < -0.3 is 14.1 Å². The van der Waals surface area contributed by atoms with Crippen molar-refractivity contribution in [2.24, 2.45) is 5.92 Å². The Morgan fingerprint density at radius 3 is 1.74 bits per heavy atom. The van der Waals surface area contributed by atoms with Crippen LogP contribution in [-0.2, 0) is 15.7 Å². The van der Waals surface area contributed by atoms with Crippen LogP contribution >= 0.6 is 0 Å². The Morgan fingerprint density at radius 1 is 0.795 bits per heavy atom. The second-order valence-electron chi connectivity index (χ2n) is 11.8. The third kappa shape index (κ3) is 14.5. The lowest BCUT2D eigenvalue weighted by atomic mass is 9.71. The van der Waals surface area contributed by atoms with Crippen molar-refractivity contribution in [3.8, 4) is 0 Å². The summed E-state index contributed by atoms with van der Waals surface area (Å²) >= 11 is 0. The molecule has 39 heavy (non-hydrogen) atoms. The van der Waals surface area contributed by atoms with Crippen LogP contribution in [0.3, 0.4) is 0 Å². The van der Waals surface area contributed by atoms with E-state index in [1.807, 2.05) is 0 Å². The van der Waals surface area contributed by atoms with Gasteiger partial charge in [0.25, 0.3) is 0 Å². The molecular formula is C33H61NO4S. The molecule has 1 aliphatic rings. The summed E-state index contributed by atoms with van der Waals surface area (Å²) in [4.78, 5) is 0. The Morgan fingerprint density at radius 2 is 1.28 bits per heavy atom. The third-order valence-corrected chi connectivity index (χ3v) is 10.1. The molecule has 0 spiro atoms. The van der Waals surface area contributed by atoms with Crippen molar-refractivity contribution in [3.05, 3.63) is 35.9 Å². The highest BCUT2D eigenvalue weighted by molar-refractivity contribution is 7.85. The number of nitrogens with zero attached hydrogens (tertiary/aromatic N) is 1. The lowest BCUT2D eigenvalue weighted by Crippen LogP contribution is -2.51. The van der Waals surface area contributed by atoms with E-state index in [0.29, 0.717) is 12.3 Å². The molecule has 1 fully saturated rings. The number of rotatable bonds is 19. The van der Waals surface area contributed by atoms with Crippen LogP contribution in [0, 0.1) is 5.92 Å². The van der Waals surface area contributed by atoms with Crippen molar-refractivity contribution in [1.82, 2.24) is 0 Å². The number of aliphatic hydroxyl groups is 1. The molecule has 1 saturated carbocycles. The monoisotopic (exact) mass is 567 g/mol. The molecule has 0 amide bonds. The SMILES string of the molecule is CCCCCCCCCCCCS(=O)(=O)[O-].CC[N+](CC)(CC)CCC(O)(c1ccccc1)C1CCCCC1. The largest absolute Gasteiger partial charge is 0.748 e. The lowest BCUT2D eigenvalue weighted by molar-refractivity contribution is -0.924. The Balaban J connectivity index is 0.000000420. The fraction of sp³-hybridized carbons (Fsp3) is 0.818. The normalized spacial score (nSPS) is 16.4. The summed E-state index contributed by atoms with van der Waals surface area (Å²) in [6.07, 6.45) is 18.6. The molecule has 0 bridgehead atoms. The number of benzene rings is 1. The Bertz CT molecular complexity index is 811. The van der Waals surface area contributed by atoms with Gasteiger partial charge in [0, 0.05) is 12.2 Å². The van der Waals surface area contributed by atoms with Gasteiger partial charge in [0.15, 0.2) is 0 Å². The maximum Gasteiger partial charge on any atom is 0.0978 e. The summed E-state index contributed by atoms with van der Waals surface area (Å²) in [6.45, 7) is 13.6. The van der Waals surface area contributed by atoms with Gasteiger partial charge in [-0.3, -0.25) is 0 Å². The van der Waals surface area contributed by atoms with Crippen LogP contribution in [0.5, 0.6) is 0 Å². The van der Waals surface area contributed by atoms with Crippen molar-refractivity contribution < 1.29 is 22.6 Å². The van der Waals surface area contributed by atoms with Crippen LogP contribution in [0.1, 0.15) is 136 Å². The van der Waals surface area contributed by atoms with Gasteiger partial charge in [-0.25, -0.2) is 8.42 Å². The van der Waals surface area contributed by atoms with Crippen LogP contribution < -0.4 is 0 Å². The molecule has 1 N–H and O–H groups in total. The van der Waals surface area contributed by atoms with Crippen LogP contribution in [0.2, 0.25) is 0 Å². The zero-order valence-corrected chi connectivity index (χ0v) is 26.7. The zero-order chi connectivity index (χ0) is 29.0. The van der Waals surface area contributed by atoms with Gasteiger partial charge in [-0.2, -0.15) is 0 Å². The highest BCUT2D eigenvalue weighted by Gasteiger charge is 2.40. The predicted octanol–water partition coefficient (Wildman–Crippen LogP) is 8.17. The lowest BCUT2D eigenvalue weighted by Gasteiger charge is -2.43. The highest BCUT2D eigenvalue weighted by atomic mass is 32.2. The topological polar surface area (TPSA) is 77.4 Å². The minimum Gasteiger partial charge on any atom is -0.748 e. The zero-order valence-electron chi connectivity index (χ0n) is 25.8. The van der Waals surface area contributed by atoms with E-state index in [4.69, 9.17) is 0 Å². The van der Waals surface area contributed by atoms with Gasteiger partial charge in [-0.05, 0) is 51.5 Å². The number of quaternary nitrogens is 1. The smallest absolute Gasteiger partial charge is 0.0978 e. The van der Waals surface area contributed by atoms with E-state index in [1.54, 1.807) is 0 Å². The van der Waals surface area contributed by atoms with Crippen molar-refractivity contribution >= 4 is 10.1 Å². The third-order valence-electron chi connectivity index (χ3n) is 9.28. The van der Waals surface area contributed by atoms with Crippen LogP contribution in [0.4, 0.5) is 0 Å². The minimum absolute atomic E-state index is 0.191. The molecule has 1 atom stereocenters. The molecule has 6 heteroatoms. The summed E-state index contributed by atoms with van der Waals surface area (Å²) in [6, 6.07) is 10.5. The van der Waals surface area contributed by atoms with Gasteiger partial charge in [0.2, 0.25) is 0 Å². The highest BCUT2D eigenvalue weighted by Crippen LogP contribution is 2.42. The molecule has 0 saturated heterocycles. The molecule has 0 heterocycles. The molecule has 2 rings (SSSR count). The summed E-state index contributed by atoms with van der Waals surface area (Å²) in [5.74, 6) is 0.231. The van der Waals surface area contributed by atoms with E-state index in [9.17, 15) is 18.1 Å². The maximum atomic E-state index is 11.7. The predicted molar refractivity (Wildman–Crippen MR) is 165 cm³/mol. The van der Waals surface area contributed by atoms with E-state index in [2.05, 4.69) is 58.0 Å². The Hall–Kier alpha value is -0.950. The molecule has 1 aliphatic carbocycles. The second kappa shape index (κ2) is 20.0. The van der Waals surface area contributed by atoms with Crippen LogP contribution in [0.15, 0.2) is 30.3 Å². The van der Waals surface area contributed by atoms with Crippen molar-refractivity contribution in [2.45, 2.75) is 136 Å². The molecule has 0 aliphatic heterocycles. The summed E-state index contributed by atoms with van der Waals surface area (Å²) in [7, 11) is -3.98. The van der Waals surface area contributed by atoms with Crippen LogP contribution in [-0.4, -0.2) is 54.5 Å². The van der Waals surface area contributed by atoms with E-state index >= 15 is 0 Å². The minimum atomic E-state index is -3.98. The average molecular weight is 568 g/mol. The fourth-order valence-electron chi connectivity index (χ4n) is 6.21. The van der Waals surface area contributed by atoms with E-state index < -0.39 is 15.7 Å². The summed E-state index contributed by atoms with van der Waals surface area (Å²) in [5.41, 5.74) is 0.485. The van der Waals surface area contributed by atoms with Gasteiger partial charge in [0.1, 0.15) is 0 Å². The van der Waals surface area contributed by atoms with Gasteiger partial charge in [-0.1, -0.05) is 114 Å². The number of unbranched alkanes of at least 4 members (excludes halogenated alkanes) is 9. The molecule has 0 radical (unpaired) electrons. The van der Waals surface area contributed by atoms with Crippen molar-refractivity contribution in [1.29, 1.82) is 0 Å². The second-order valence-corrected chi connectivity index (χ2v) is 13.4. The molecule has 1 aromatic carbocycles. The van der Waals surface area contributed by atoms with Crippen molar-refractivity contribution in [3.63, 3.8) is 0 Å². The molecule has 5 nitrogen and oxygen atoms in total. The summed E-state index contributed by atoms with van der Waals surface area (Å²) < 4.78 is 32.0. The first kappa shape index (κ1) is 36.1. The fourth-order valence-corrected chi connectivity index (χ4v) is 6.77. The Kier molecular flexibility index (Phi) is 18.5. The molecular weight excluding hydrogens is 506 g/mol. The quantitative estimate of drug-likeness (QED) is 0.104. The first-order chi connectivity index (χ1) is 18.7. The summed E-state index contributed by atoms with van der Waals surface area (Å²) in [5, 5.41) is 11.7. The average Bonchev–Trinajstić information content (AvgIpc) is 2.95. The number of hydrogen-bond donors (Lipinski definition) is 1. The van der Waals surface area contributed by atoms with Gasteiger partial charge in [0.05, 0.1) is 41.9 Å². The van der Waals surface area contributed by atoms with Gasteiger partial charge in [-0.15, -0.1) is 0 Å². The first-order valence-corrected chi connectivity index (χ1v) is 17.8. The van der Waals surface area contributed by atoms with Crippen molar-refractivity contribution in [2.75, 3.05) is 31.9 Å². The molecule has 0 aromatic heterocycles. The molecule has 228 valence electrons. The van der Waals surface area contributed by atoms with E-state index in [1.165, 1.54) is 77.0 Å². The first-order valence-electron chi connectivity index (χ1n) is 16.2. The van der Waals surface area contributed by atoms with E-state index in [0.717, 1.165) is 55.5 Å². The molecule has 1 aromatic rings. The van der Waals surface area contributed by atoms with Gasteiger partial charge >= 0.3 is 0 Å². The standard InChI is InChI=1S/C21H36NO.C12H26O3S/c1-4-22(5-2,6-3)18-17-21(23,19-13-9-7-10-14-19)20-15-11-8-12-16-20;1-2-3-4-5-6-7-8-9-10-11-12-16(13,14)15/h7,9-10,13-14,20,23H,4-6,8,11-12,15-18H2,1-3H3;2-12H2,1H3,(H,13,14,15)/q+1;/p-1. The van der Waals surface area contributed by atoms with E-state index in [-0.39, 0.29) is 5.75 Å². The number of hydrogen-bond acceptors (Lipinski definition) is 4. The van der Waals surface area contributed by atoms with Crippen LogP contribution in [0.25, 0.3) is 0 Å². The Labute approximate surface area is 242 Å².